The monoisotopic (exact) mass is 338 g/mol. The van der Waals surface area contributed by atoms with E-state index in [9.17, 15) is 9.59 Å². The van der Waals surface area contributed by atoms with Gasteiger partial charge in [-0.1, -0.05) is 36.4 Å². The topological polar surface area (TPSA) is 58.6 Å². The Bertz CT molecular complexity index is 725. The highest BCUT2D eigenvalue weighted by molar-refractivity contribution is 5.97. The van der Waals surface area contributed by atoms with Crippen molar-refractivity contribution >= 4 is 11.8 Å². The lowest BCUT2D eigenvalue weighted by Crippen LogP contribution is -2.38. The molecule has 5 heteroatoms. The summed E-state index contributed by atoms with van der Waals surface area (Å²) in [6.07, 6.45) is 2.08. The molecule has 1 aliphatic rings. The molecule has 2 amide bonds. The highest BCUT2D eigenvalue weighted by Gasteiger charge is 2.19. The predicted octanol–water partition coefficient (Wildman–Crippen LogP) is 2.62. The van der Waals surface area contributed by atoms with Gasteiger partial charge in [-0.3, -0.25) is 9.59 Å². The van der Waals surface area contributed by atoms with E-state index in [0.717, 1.165) is 37.2 Å². The van der Waals surface area contributed by atoms with Crippen LogP contribution in [0.4, 0.5) is 0 Å². The number of hydrogen-bond acceptors (Lipinski definition) is 3. The number of benzene rings is 2. The zero-order chi connectivity index (χ0) is 17.5. The highest BCUT2D eigenvalue weighted by Crippen LogP contribution is 2.15. The predicted molar refractivity (Wildman–Crippen MR) is 95.4 cm³/mol. The van der Waals surface area contributed by atoms with Crippen molar-refractivity contribution in [2.24, 2.45) is 0 Å². The smallest absolute Gasteiger partial charge is 0.252 e. The van der Waals surface area contributed by atoms with Crippen LogP contribution < -0.4 is 10.1 Å². The summed E-state index contributed by atoms with van der Waals surface area (Å²) >= 11 is 0. The normalized spacial score (nSPS) is 13.5. The van der Waals surface area contributed by atoms with Gasteiger partial charge in [0, 0.05) is 24.2 Å². The SMILES string of the molecule is O=C(NCC(=O)N1CCCC1)c1ccccc1COc1ccccc1. The molecule has 0 atom stereocenters. The fraction of sp³-hybridized carbons (Fsp3) is 0.300. The summed E-state index contributed by atoms with van der Waals surface area (Å²) in [4.78, 5) is 26.3. The summed E-state index contributed by atoms with van der Waals surface area (Å²) in [5.41, 5.74) is 1.32. The van der Waals surface area contributed by atoms with Gasteiger partial charge < -0.3 is 15.0 Å². The van der Waals surface area contributed by atoms with E-state index in [1.165, 1.54) is 0 Å². The summed E-state index contributed by atoms with van der Waals surface area (Å²) in [6, 6.07) is 16.8. The van der Waals surface area contributed by atoms with Crippen molar-refractivity contribution in [3.63, 3.8) is 0 Å². The summed E-state index contributed by atoms with van der Waals surface area (Å²) in [5.74, 6) is 0.477. The molecule has 130 valence electrons. The van der Waals surface area contributed by atoms with E-state index in [1.54, 1.807) is 11.0 Å². The molecule has 0 spiro atoms. The van der Waals surface area contributed by atoms with Gasteiger partial charge in [0.05, 0.1) is 6.54 Å². The Kier molecular flexibility index (Phi) is 5.67. The molecule has 1 aliphatic heterocycles. The van der Waals surface area contributed by atoms with Crippen LogP contribution in [0.1, 0.15) is 28.8 Å². The number of carbonyl (C=O) groups is 2. The van der Waals surface area contributed by atoms with E-state index in [1.807, 2.05) is 48.5 Å². The molecule has 2 aromatic rings. The fourth-order valence-electron chi connectivity index (χ4n) is 2.87. The van der Waals surface area contributed by atoms with Crippen LogP contribution in [0, 0.1) is 0 Å². The first-order valence-electron chi connectivity index (χ1n) is 8.56. The maximum absolute atomic E-state index is 12.5. The van der Waals surface area contributed by atoms with Gasteiger partial charge in [-0.15, -0.1) is 0 Å². The molecule has 2 aromatic carbocycles. The summed E-state index contributed by atoms with van der Waals surface area (Å²) < 4.78 is 5.73. The van der Waals surface area contributed by atoms with Gasteiger partial charge in [0.1, 0.15) is 12.4 Å². The van der Waals surface area contributed by atoms with E-state index >= 15 is 0 Å². The second-order valence-corrected chi connectivity index (χ2v) is 6.03. The molecule has 25 heavy (non-hydrogen) atoms. The third kappa shape index (κ3) is 4.59. The van der Waals surface area contributed by atoms with Gasteiger partial charge in [0.15, 0.2) is 0 Å². The fourth-order valence-corrected chi connectivity index (χ4v) is 2.87. The average Bonchev–Trinajstić information content (AvgIpc) is 3.20. The molecule has 1 N–H and O–H groups in total. The zero-order valence-electron chi connectivity index (χ0n) is 14.1. The molecule has 0 aliphatic carbocycles. The molecule has 1 fully saturated rings. The largest absolute Gasteiger partial charge is 0.489 e. The maximum Gasteiger partial charge on any atom is 0.252 e. The molecule has 0 aromatic heterocycles. The van der Waals surface area contributed by atoms with E-state index < -0.39 is 0 Å². The van der Waals surface area contributed by atoms with Gasteiger partial charge in [-0.05, 0) is 31.0 Å². The molecular weight excluding hydrogens is 316 g/mol. The molecule has 1 heterocycles. The minimum atomic E-state index is -0.250. The Balaban J connectivity index is 1.59. The zero-order valence-corrected chi connectivity index (χ0v) is 14.1. The van der Waals surface area contributed by atoms with E-state index in [0.29, 0.717) is 12.2 Å². The Morgan fingerprint density at radius 1 is 0.960 bits per heavy atom. The number of rotatable bonds is 6. The van der Waals surface area contributed by atoms with Crippen molar-refractivity contribution in [2.75, 3.05) is 19.6 Å². The van der Waals surface area contributed by atoms with Crippen molar-refractivity contribution in [1.29, 1.82) is 0 Å². The molecule has 1 saturated heterocycles. The van der Waals surface area contributed by atoms with Crippen LogP contribution in [-0.4, -0.2) is 36.3 Å². The molecule has 0 unspecified atom stereocenters. The Morgan fingerprint density at radius 2 is 1.64 bits per heavy atom. The van der Waals surface area contributed by atoms with Crippen LogP contribution in [0.5, 0.6) is 5.75 Å². The Hall–Kier alpha value is -2.82. The van der Waals surface area contributed by atoms with Gasteiger partial charge >= 0.3 is 0 Å². The van der Waals surface area contributed by atoms with Crippen LogP contribution in [0.25, 0.3) is 0 Å². The Morgan fingerprint density at radius 3 is 2.40 bits per heavy atom. The number of nitrogens with zero attached hydrogens (tertiary/aromatic N) is 1. The lowest BCUT2D eigenvalue weighted by atomic mass is 10.1. The minimum Gasteiger partial charge on any atom is -0.489 e. The van der Waals surface area contributed by atoms with Crippen molar-refractivity contribution < 1.29 is 14.3 Å². The number of ether oxygens (including phenoxy) is 1. The summed E-state index contributed by atoms with van der Waals surface area (Å²) in [7, 11) is 0. The number of hydrogen-bond donors (Lipinski definition) is 1. The number of carbonyl (C=O) groups excluding carboxylic acids is 2. The number of likely N-dealkylation sites (tertiary alicyclic amines) is 1. The van der Waals surface area contributed by atoms with Crippen LogP contribution in [0.3, 0.4) is 0 Å². The minimum absolute atomic E-state index is 0.0242. The second-order valence-electron chi connectivity index (χ2n) is 6.03. The summed E-state index contributed by atoms with van der Waals surface area (Å²) in [6.45, 7) is 1.91. The number of nitrogens with one attached hydrogen (secondary N) is 1. The number of para-hydroxylation sites is 1. The maximum atomic E-state index is 12.5. The first kappa shape index (κ1) is 17.0. The third-order valence-electron chi connectivity index (χ3n) is 4.26. The van der Waals surface area contributed by atoms with Gasteiger partial charge in [-0.2, -0.15) is 0 Å². The van der Waals surface area contributed by atoms with Crippen LogP contribution >= 0.6 is 0 Å². The first-order chi connectivity index (χ1) is 12.2. The number of amides is 2. The van der Waals surface area contributed by atoms with E-state index in [-0.39, 0.29) is 18.4 Å². The summed E-state index contributed by atoms with van der Waals surface area (Å²) in [5, 5.41) is 2.73. The molecule has 0 saturated carbocycles. The Labute approximate surface area is 147 Å². The molecular formula is C20H22N2O3. The van der Waals surface area contributed by atoms with Gasteiger partial charge in [0.2, 0.25) is 5.91 Å². The molecule has 0 bridgehead atoms. The van der Waals surface area contributed by atoms with Crippen molar-refractivity contribution in [3.05, 3.63) is 65.7 Å². The quantitative estimate of drug-likeness (QED) is 0.881. The second kappa shape index (κ2) is 8.33. The van der Waals surface area contributed by atoms with Crippen molar-refractivity contribution in [1.82, 2.24) is 10.2 Å². The van der Waals surface area contributed by atoms with Crippen molar-refractivity contribution in [3.8, 4) is 5.75 Å². The van der Waals surface area contributed by atoms with Crippen LogP contribution in [0.15, 0.2) is 54.6 Å². The first-order valence-corrected chi connectivity index (χ1v) is 8.56. The average molecular weight is 338 g/mol. The van der Waals surface area contributed by atoms with Gasteiger partial charge in [0.25, 0.3) is 5.91 Å². The van der Waals surface area contributed by atoms with Crippen molar-refractivity contribution in [2.45, 2.75) is 19.4 Å². The van der Waals surface area contributed by atoms with E-state index in [4.69, 9.17) is 4.74 Å². The van der Waals surface area contributed by atoms with Gasteiger partial charge in [-0.25, -0.2) is 0 Å². The highest BCUT2D eigenvalue weighted by atomic mass is 16.5. The molecule has 0 radical (unpaired) electrons. The molecule has 3 rings (SSSR count). The standard InChI is InChI=1S/C20H22N2O3/c23-19(22-12-6-7-13-22)14-21-20(24)18-11-5-4-8-16(18)15-25-17-9-2-1-3-10-17/h1-5,8-11H,6-7,12-15H2,(H,21,24). The third-order valence-corrected chi connectivity index (χ3v) is 4.26. The van der Waals surface area contributed by atoms with Crippen LogP contribution in [-0.2, 0) is 11.4 Å². The lowest BCUT2D eigenvalue weighted by Gasteiger charge is -2.16. The lowest BCUT2D eigenvalue weighted by molar-refractivity contribution is -0.129. The molecule has 5 nitrogen and oxygen atoms in total. The van der Waals surface area contributed by atoms with Crippen LogP contribution in [0.2, 0.25) is 0 Å². The van der Waals surface area contributed by atoms with E-state index in [2.05, 4.69) is 5.32 Å².